The number of para-hydroxylation sites is 1. The molecule has 1 amide bonds. The predicted octanol–water partition coefficient (Wildman–Crippen LogP) is 5.40. The Balaban J connectivity index is 1.89. The molecular weight excluding hydrogens is 388 g/mol. The summed E-state index contributed by atoms with van der Waals surface area (Å²) in [5.74, 6) is -1.28. The number of nitrogens with zero attached hydrogens (tertiary/aromatic N) is 1. The van der Waals surface area contributed by atoms with Crippen molar-refractivity contribution in [1.29, 1.82) is 0 Å². The first kappa shape index (κ1) is 20.9. The molecule has 2 heterocycles. The van der Waals surface area contributed by atoms with Gasteiger partial charge in [0.15, 0.2) is 0 Å². The highest BCUT2D eigenvalue weighted by atomic mass is 16.3. The summed E-state index contributed by atoms with van der Waals surface area (Å²) in [5.41, 5.74) is 4.60. The van der Waals surface area contributed by atoms with Gasteiger partial charge >= 0.3 is 0 Å². The van der Waals surface area contributed by atoms with Gasteiger partial charge in [-0.15, -0.1) is 0 Å². The van der Waals surface area contributed by atoms with Gasteiger partial charge in [0.1, 0.15) is 5.76 Å². The van der Waals surface area contributed by atoms with E-state index in [4.69, 9.17) is 0 Å². The highest BCUT2D eigenvalue weighted by Crippen LogP contribution is 2.42. The van der Waals surface area contributed by atoms with Crippen molar-refractivity contribution in [2.45, 2.75) is 46.1 Å². The fourth-order valence-corrected chi connectivity index (χ4v) is 4.33. The number of rotatable bonds is 6. The number of carbonyl (C=O) groups is 2. The van der Waals surface area contributed by atoms with Crippen LogP contribution in [0.25, 0.3) is 16.7 Å². The Morgan fingerprint density at radius 3 is 2.58 bits per heavy atom. The van der Waals surface area contributed by atoms with Crippen LogP contribution in [-0.2, 0) is 9.59 Å². The molecule has 5 nitrogen and oxygen atoms in total. The molecular formula is C26H28N2O3. The van der Waals surface area contributed by atoms with E-state index < -0.39 is 17.7 Å². The summed E-state index contributed by atoms with van der Waals surface area (Å²) in [6, 6.07) is 12.8. The molecule has 2 aromatic carbocycles. The molecule has 160 valence electrons. The second-order valence-corrected chi connectivity index (χ2v) is 8.29. The molecule has 1 aliphatic rings. The average molecular weight is 417 g/mol. The lowest BCUT2D eigenvalue weighted by atomic mass is 9.94. The molecule has 1 atom stereocenters. The van der Waals surface area contributed by atoms with E-state index in [1.165, 1.54) is 0 Å². The van der Waals surface area contributed by atoms with Crippen molar-refractivity contribution < 1.29 is 14.7 Å². The summed E-state index contributed by atoms with van der Waals surface area (Å²) in [4.78, 5) is 31.0. The molecule has 0 aliphatic carbocycles. The highest BCUT2D eigenvalue weighted by Gasteiger charge is 2.46. The van der Waals surface area contributed by atoms with Gasteiger partial charge < -0.3 is 15.0 Å². The smallest absolute Gasteiger partial charge is 0.295 e. The van der Waals surface area contributed by atoms with Crippen LogP contribution in [0.2, 0.25) is 0 Å². The summed E-state index contributed by atoms with van der Waals surface area (Å²) in [7, 11) is 0. The van der Waals surface area contributed by atoms with Crippen LogP contribution in [-0.4, -0.2) is 33.2 Å². The molecule has 0 spiro atoms. The molecule has 0 saturated carbocycles. The third kappa shape index (κ3) is 3.65. The van der Waals surface area contributed by atoms with Gasteiger partial charge in [0.2, 0.25) is 0 Å². The van der Waals surface area contributed by atoms with Crippen molar-refractivity contribution in [2.75, 3.05) is 6.54 Å². The number of hydrogen-bond acceptors (Lipinski definition) is 3. The molecule has 2 N–H and O–H groups in total. The maximum absolute atomic E-state index is 13.1. The summed E-state index contributed by atoms with van der Waals surface area (Å²) in [5, 5.41) is 12.2. The van der Waals surface area contributed by atoms with Gasteiger partial charge in [-0.1, -0.05) is 50.1 Å². The monoisotopic (exact) mass is 416 g/mol. The van der Waals surface area contributed by atoms with Gasteiger partial charge in [0.25, 0.3) is 11.7 Å². The molecule has 1 aromatic heterocycles. The number of aromatic amines is 1. The fourth-order valence-electron chi connectivity index (χ4n) is 4.33. The number of likely N-dealkylation sites (tertiary alicyclic amines) is 1. The predicted molar refractivity (Wildman–Crippen MR) is 123 cm³/mol. The van der Waals surface area contributed by atoms with E-state index in [0.717, 1.165) is 46.9 Å². The number of ketones is 1. The van der Waals surface area contributed by atoms with Gasteiger partial charge in [0, 0.05) is 34.8 Å². The zero-order valence-electron chi connectivity index (χ0n) is 18.2. The molecule has 31 heavy (non-hydrogen) atoms. The van der Waals surface area contributed by atoms with E-state index in [1.54, 1.807) is 11.0 Å². The number of unbranched alkanes of at least 4 members (excludes halogenated alkanes) is 2. The highest BCUT2D eigenvalue weighted by molar-refractivity contribution is 6.46. The minimum Gasteiger partial charge on any atom is -0.507 e. The van der Waals surface area contributed by atoms with Crippen LogP contribution in [0.3, 0.4) is 0 Å². The van der Waals surface area contributed by atoms with Crippen LogP contribution in [0.4, 0.5) is 0 Å². The number of H-pyrrole nitrogens is 1. The normalized spacial score (nSPS) is 18.3. The lowest BCUT2D eigenvalue weighted by Crippen LogP contribution is -2.30. The Morgan fingerprint density at radius 2 is 1.84 bits per heavy atom. The maximum atomic E-state index is 13.1. The standard InChI is InChI=1S/C26H28N2O3/c1-4-5-8-13-28-23(20-15-27-21-10-7-6-9-19(20)21)22(25(30)26(28)31)24(29)18-12-11-16(2)17(3)14-18/h6-7,9-12,14-15,23,27,29H,4-5,8,13H2,1-3H3/b24-22+. The minimum absolute atomic E-state index is 0.116. The lowest BCUT2D eigenvalue weighted by Gasteiger charge is -2.25. The van der Waals surface area contributed by atoms with E-state index in [1.807, 2.05) is 56.4 Å². The van der Waals surface area contributed by atoms with Crippen molar-refractivity contribution in [3.8, 4) is 0 Å². The molecule has 1 unspecified atom stereocenters. The first-order chi connectivity index (χ1) is 14.9. The van der Waals surface area contributed by atoms with Gasteiger partial charge in [-0.2, -0.15) is 0 Å². The molecule has 0 radical (unpaired) electrons. The molecule has 1 fully saturated rings. The zero-order chi connectivity index (χ0) is 22.1. The van der Waals surface area contributed by atoms with Crippen LogP contribution in [0.5, 0.6) is 0 Å². The Kier molecular flexibility index (Phi) is 5.68. The number of Topliss-reactive ketones (excluding diaryl/α,β-unsaturated/α-hetero) is 1. The van der Waals surface area contributed by atoms with Gasteiger partial charge in [-0.3, -0.25) is 9.59 Å². The molecule has 5 heteroatoms. The first-order valence-electron chi connectivity index (χ1n) is 10.9. The Morgan fingerprint density at radius 1 is 1.06 bits per heavy atom. The van der Waals surface area contributed by atoms with Crippen LogP contribution in [0.15, 0.2) is 54.2 Å². The van der Waals surface area contributed by atoms with Gasteiger partial charge in [-0.05, 0) is 43.5 Å². The van der Waals surface area contributed by atoms with Crippen molar-refractivity contribution >= 4 is 28.4 Å². The van der Waals surface area contributed by atoms with Gasteiger partial charge in [-0.25, -0.2) is 0 Å². The Labute approximate surface area is 182 Å². The summed E-state index contributed by atoms with van der Waals surface area (Å²) in [6.45, 7) is 6.54. The number of aryl methyl sites for hydroxylation is 2. The van der Waals surface area contributed by atoms with Gasteiger partial charge in [0.05, 0.1) is 11.6 Å². The van der Waals surface area contributed by atoms with E-state index in [2.05, 4.69) is 11.9 Å². The second kappa shape index (κ2) is 8.42. The quantitative estimate of drug-likeness (QED) is 0.245. The molecule has 0 bridgehead atoms. The fraction of sp³-hybridized carbons (Fsp3) is 0.308. The Hall–Kier alpha value is -3.34. The van der Waals surface area contributed by atoms with Crippen molar-refractivity contribution in [3.63, 3.8) is 0 Å². The van der Waals surface area contributed by atoms with Crippen molar-refractivity contribution in [1.82, 2.24) is 9.88 Å². The SMILES string of the molecule is CCCCCN1C(=O)C(=O)/C(=C(/O)c2ccc(C)c(C)c2)C1c1c[nH]c2ccccc12. The maximum Gasteiger partial charge on any atom is 0.295 e. The molecule has 1 aliphatic heterocycles. The molecule has 4 rings (SSSR count). The topological polar surface area (TPSA) is 73.4 Å². The van der Waals surface area contributed by atoms with Crippen LogP contribution in [0, 0.1) is 13.8 Å². The van der Waals surface area contributed by atoms with E-state index >= 15 is 0 Å². The lowest BCUT2D eigenvalue weighted by molar-refractivity contribution is -0.139. The zero-order valence-corrected chi connectivity index (χ0v) is 18.2. The number of aliphatic hydroxyl groups is 1. The first-order valence-corrected chi connectivity index (χ1v) is 10.9. The van der Waals surface area contributed by atoms with E-state index in [9.17, 15) is 14.7 Å². The second-order valence-electron chi connectivity index (χ2n) is 8.29. The van der Waals surface area contributed by atoms with Crippen molar-refractivity contribution in [3.05, 3.63) is 76.5 Å². The minimum atomic E-state index is -0.623. The third-order valence-corrected chi connectivity index (χ3v) is 6.24. The van der Waals surface area contributed by atoms with Crippen LogP contribution >= 0.6 is 0 Å². The molecule has 1 saturated heterocycles. The summed E-state index contributed by atoms with van der Waals surface area (Å²) >= 11 is 0. The number of carbonyl (C=O) groups excluding carboxylic acids is 2. The summed E-state index contributed by atoms with van der Waals surface area (Å²) < 4.78 is 0. The number of amides is 1. The largest absolute Gasteiger partial charge is 0.507 e. The number of benzene rings is 2. The number of hydrogen-bond donors (Lipinski definition) is 2. The molecule has 3 aromatic rings. The average Bonchev–Trinajstić information content (AvgIpc) is 3.29. The summed E-state index contributed by atoms with van der Waals surface area (Å²) in [6.07, 6.45) is 4.65. The Bertz CT molecular complexity index is 1190. The van der Waals surface area contributed by atoms with E-state index in [0.29, 0.717) is 12.1 Å². The number of aromatic nitrogens is 1. The number of fused-ring (bicyclic) bond motifs is 1. The third-order valence-electron chi connectivity index (χ3n) is 6.24. The van der Waals surface area contributed by atoms with Crippen molar-refractivity contribution in [2.24, 2.45) is 0 Å². The van der Waals surface area contributed by atoms with Crippen LogP contribution < -0.4 is 0 Å². The number of aliphatic hydroxyl groups excluding tert-OH is 1. The van der Waals surface area contributed by atoms with E-state index in [-0.39, 0.29) is 11.3 Å². The number of nitrogens with one attached hydrogen (secondary N) is 1. The van der Waals surface area contributed by atoms with Crippen LogP contribution in [0.1, 0.15) is 54.5 Å².